The lowest BCUT2D eigenvalue weighted by atomic mass is 10.0. The van der Waals surface area contributed by atoms with Crippen LogP contribution in [0.25, 0.3) is 22.5 Å². The van der Waals surface area contributed by atoms with Gasteiger partial charge in [0.15, 0.2) is 0 Å². The highest BCUT2D eigenvalue weighted by Crippen LogP contribution is 2.28. The molecule has 3 aromatic rings. The molecule has 150 valence electrons. The number of benzene rings is 2. The SMILES string of the molecule is CCCc1cc(-c2ccc(OC)cc2)nc(-c2ccc(N3CCNCC3)cc2)c1. The number of aryl methyl sites for hydroxylation is 1. The molecule has 4 heteroatoms. The molecule has 1 N–H and O–H groups in total. The van der Waals surface area contributed by atoms with E-state index in [4.69, 9.17) is 9.72 Å². The molecular weight excluding hydrogens is 358 g/mol. The van der Waals surface area contributed by atoms with Crippen LogP contribution < -0.4 is 15.0 Å². The third kappa shape index (κ3) is 4.60. The van der Waals surface area contributed by atoms with Crippen LogP contribution in [-0.2, 0) is 6.42 Å². The van der Waals surface area contributed by atoms with Crippen molar-refractivity contribution in [2.24, 2.45) is 0 Å². The molecule has 0 aliphatic carbocycles. The van der Waals surface area contributed by atoms with Gasteiger partial charge in [-0.05, 0) is 60.5 Å². The molecule has 0 amide bonds. The van der Waals surface area contributed by atoms with Crippen LogP contribution in [0.2, 0.25) is 0 Å². The first-order valence-corrected chi connectivity index (χ1v) is 10.5. The van der Waals surface area contributed by atoms with Gasteiger partial charge >= 0.3 is 0 Å². The van der Waals surface area contributed by atoms with Crippen LogP contribution >= 0.6 is 0 Å². The Morgan fingerprint density at radius 3 is 2.03 bits per heavy atom. The second-order valence-corrected chi connectivity index (χ2v) is 7.51. The second-order valence-electron chi connectivity index (χ2n) is 7.51. The third-order valence-electron chi connectivity index (χ3n) is 5.45. The molecule has 4 nitrogen and oxygen atoms in total. The maximum atomic E-state index is 5.29. The average Bonchev–Trinajstić information content (AvgIpc) is 2.80. The van der Waals surface area contributed by atoms with E-state index in [1.807, 2.05) is 12.1 Å². The number of nitrogens with zero attached hydrogens (tertiary/aromatic N) is 2. The number of hydrogen-bond acceptors (Lipinski definition) is 4. The maximum Gasteiger partial charge on any atom is 0.118 e. The van der Waals surface area contributed by atoms with Crippen LogP contribution in [0.4, 0.5) is 5.69 Å². The molecule has 0 radical (unpaired) electrons. The van der Waals surface area contributed by atoms with E-state index in [0.717, 1.165) is 67.3 Å². The van der Waals surface area contributed by atoms with Gasteiger partial charge in [0.25, 0.3) is 0 Å². The van der Waals surface area contributed by atoms with Gasteiger partial charge in [-0.25, -0.2) is 4.98 Å². The van der Waals surface area contributed by atoms with E-state index in [0.29, 0.717) is 0 Å². The Hall–Kier alpha value is -2.85. The Morgan fingerprint density at radius 2 is 1.48 bits per heavy atom. The van der Waals surface area contributed by atoms with Crippen molar-refractivity contribution < 1.29 is 4.74 Å². The summed E-state index contributed by atoms with van der Waals surface area (Å²) in [6.45, 7) is 6.44. The average molecular weight is 388 g/mol. The fourth-order valence-electron chi connectivity index (χ4n) is 3.84. The molecule has 0 bridgehead atoms. The van der Waals surface area contributed by atoms with Crippen molar-refractivity contribution in [2.75, 3.05) is 38.2 Å². The van der Waals surface area contributed by atoms with Crippen LogP contribution in [0, 0.1) is 0 Å². The highest BCUT2D eigenvalue weighted by molar-refractivity contribution is 5.69. The van der Waals surface area contributed by atoms with E-state index in [-0.39, 0.29) is 0 Å². The second kappa shape index (κ2) is 9.10. The Labute approximate surface area is 173 Å². The smallest absolute Gasteiger partial charge is 0.118 e. The number of aromatic nitrogens is 1. The Bertz CT molecular complexity index is 929. The fourth-order valence-corrected chi connectivity index (χ4v) is 3.84. The van der Waals surface area contributed by atoms with Gasteiger partial charge < -0.3 is 15.0 Å². The summed E-state index contributed by atoms with van der Waals surface area (Å²) >= 11 is 0. The van der Waals surface area contributed by atoms with Crippen LogP contribution in [-0.4, -0.2) is 38.3 Å². The monoisotopic (exact) mass is 387 g/mol. The van der Waals surface area contributed by atoms with Gasteiger partial charge in [-0.3, -0.25) is 0 Å². The van der Waals surface area contributed by atoms with Crippen molar-refractivity contribution in [1.82, 2.24) is 10.3 Å². The summed E-state index contributed by atoms with van der Waals surface area (Å²) in [5, 5.41) is 3.41. The number of anilines is 1. The van der Waals surface area contributed by atoms with Crippen molar-refractivity contribution in [3.63, 3.8) is 0 Å². The fraction of sp³-hybridized carbons (Fsp3) is 0.320. The molecule has 0 spiro atoms. The zero-order valence-electron chi connectivity index (χ0n) is 17.3. The summed E-state index contributed by atoms with van der Waals surface area (Å²) in [5.41, 5.74) is 6.94. The Balaban J connectivity index is 1.65. The molecule has 1 aliphatic rings. The molecule has 1 fully saturated rings. The summed E-state index contributed by atoms with van der Waals surface area (Å²) in [6, 6.07) is 21.4. The summed E-state index contributed by atoms with van der Waals surface area (Å²) in [7, 11) is 1.69. The van der Waals surface area contributed by atoms with Crippen molar-refractivity contribution >= 4 is 5.69 Å². The van der Waals surface area contributed by atoms with Crippen molar-refractivity contribution in [2.45, 2.75) is 19.8 Å². The number of methoxy groups -OCH3 is 1. The summed E-state index contributed by atoms with van der Waals surface area (Å²) < 4.78 is 5.29. The van der Waals surface area contributed by atoms with Crippen LogP contribution in [0.1, 0.15) is 18.9 Å². The Morgan fingerprint density at radius 1 is 0.897 bits per heavy atom. The van der Waals surface area contributed by atoms with Gasteiger partial charge in [0.2, 0.25) is 0 Å². The lowest BCUT2D eigenvalue weighted by molar-refractivity contribution is 0.415. The first-order chi connectivity index (χ1) is 14.3. The standard InChI is InChI=1S/C25H29N3O/c1-3-4-19-17-24(27-25(18-19)21-7-11-23(29-2)12-8-21)20-5-9-22(10-6-20)28-15-13-26-14-16-28/h5-12,17-18,26H,3-4,13-16H2,1-2H3. The molecule has 2 aromatic carbocycles. The highest BCUT2D eigenvalue weighted by atomic mass is 16.5. The zero-order chi connectivity index (χ0) is 20.1. The predicted octanol–water partition coefficient (Wildman–Crippen LogP) is 4.79. The lowest BCUT2D eigenvalue weighted by Gasteiger charge is -2.29. The number of rotatable bonds is 6. The predicted molar refractivity (Wildman–Crippen MR) is 121 cm³/mol. The van der Waals surface area contributed by atoms with Crippen molar-refractivity contribution in [1.29, 1.82) is 0 Å². The minimum atomic E-state index is 0.863. The first kappa shape index (κ1) is 19.5. The molecule has 2 heterocycles. The summed E-state index contributed by atoms with van der Waals surface area (Å²) in [4.78, 5) is 7.42. The van der Waals surface area contributed by atoms with Crippen LogP contribution in [0.15, 0.2) is 60.7 Å². The van der Waals surface area contributed by atoms with Crippen molar-refractivity contribution in [3.05, 3.63) is 66.2 Å². The van der Waals surface area contributed by atoms with Gasteiger partial charge in [0.1, 0.15) is 5.75 Å². The summed E-state index contributed by atoms with van der Waals surface area (Å²) in [5.74, 6) is 0.863. The van der Waals surface area contributed by atoms with Crippen LogP contribution in [0.3, 0.4) is 0 Å². The molecule has 1 saturated heterocycles. The van der Waals surface area contributed by atoms with E-state index in [1.54, 1.807) is 7.11 Å². The Kier molecular flexibility index (Phi) is 6.11. The number of nitrogens with one attached hydrogen (secondary N) is 1. The topological polar surface area (TPSA) is 37.4 Å². The van der Waals surface area contributed by atoms with Gasteiger partial charge in [0.05, 0.1) is 18.5 Å². The van der Waals surface area contributed by atoms with E-state index >= 15 is 0 Å². The molecular formula is C25H29N3O. The third-order valence-corrected chi connectivity index (χ3v) is 5.45. The normalized spacial score (nSPS) is 14.1. The van der Waals surface area contributed by atoms with E-state index in [9.17, 15) is 0 Å². The van der Waals surface area contributed by atoms with Gasteiger partial charge in [-0.15, -0.1) is 0 Å². The molecule has 29 heavy (non-hydrogen) atoms. The number of ether oxygens (including phenoxy) is 1. The molecule has 0 saturated carbocycles. The minimum Gasteiger partial charge on any atom is -0.497 e. The zero-order valence-corrected chi connectivity index (χ0v) is 17.3. The highest BCUT2D eigenvalue weighted by Gasteiger charge is 2.12. The van der Waals surface area contributed by atoms with Gasteiger partial charge in [-0.1, -0.05) is 25.5 Å². The maximum absolute atomic E-state index is 5.29. The lowest BCUT2D eigenvalue weighted by Crippen LogP contribution is -2.43. The van der Waals surface area contributed by atoms with E-state index in [1.165, 1.54) is 11.3 Å². The molecule has 0 atom stereocenters. The first-order valence-electron chi connectivity index (χ1n) is 10.5. The molecule has 0 unspecified atom stereocenters. The molecule has 1 aliphatic heterocycles. The van der Waals surface area contributed by atoms with E-state index in [2.05, 4.69) is 65.7 Å². The van der Waals surface area contributed by atoms with Crippen LogP contribution in [0.5, 0.6) is 5.75 Å². The number of pyridine rings is 1. The largest absolute Gasteiger partial charge is 0.497 e. The number of piperazine rings is 1. The van der Waals surface area contributed by atoms with Gasteiger partial charge in [-0.2, -0.15) is 0 Å². The molecule has 4 rings (SSSR count). The van der Waals surface area contributed by atoms with Crippen molar-refractivity contribution in [3.8, 4) is 28.3 Å². The summed E-state index contributed by atoms with van der Waals surface area (Å²) in [6.07, 6.45) is 2.17. The minimum absolute atomic E-state index is 0.863. The number of hydrogen-bond donors (Lipinski definition) is 1. The molecule has 1 aromatic heterocycles. The van der Waals surface area contributed by atoms with E-state index < -0.39 is 0 Å². The van der Waals surface area contributed by atoms with Gasteiger partial charge in [0, 0.05) is 43.0 Å². The quantitative estimate of drug-likeness (QED) is 0.660.